The Bertz CT molecular complexity index is 1080. The Morgan fingerprint density at radius 1 is 1.07 bits per heavy atom. The van der Waals surface area contributed by atoms with Crippen molar-refractivity contribution >= 4 is 5.97 Å². The van der Waals surface area contributed by atoms with Gasteiger partial charge >= 0.3 is 5.97 Å². The van der Waals surface area contributed by atoms with E-state index in [1.807, 2.05) is 25.1 Å². The Kier molecular flexibility index (Phi) is 6.16. The van der Waals surface area contributed by atoms with Crippen LogP contribution in [0.1, 0.15) is 34.0 Å². The summed E-state index contributed by atoms with van der Waals surface area (Å²) >= 11 is 0. The van der Waals surface area contributed by atoms with Gasteiger partial charge in [0.25, 0.3) is 0 Å². The van der Waals surface area contributed by atoms with Gasteiger partial charge in [0, 0.05) is 6.07 Å². The second kappa shape index (κ2) is 8.94. The molecule has 0 saturated heterocycles. The molecule has 0 spiro atoms. The van der Waals surface area contributed by atoms with E-state index in [1.54, 1.807) is 42.5 Å². The highest BCUT2D eigenvalue weighted by Crippen LogP contribution is 2.27. The van der Waals surface area contributed by atoms with Crippen molar-refractivity contribution in [3.05, 3.63) is 82.9 Å². The van der Waals surface area contributed by atoms with Crippen molar-refractivity contribution in [2.45, 2.75) is 20.0 Å². The number of methoxy groups -OCH3 is 1. The van der Waals surface area contributed by atoms with Crippen LogP contribution in [0.25, 0.3) is 11.1 Å². The van der Waals surface area contributed by atoms with Gasteiger partial charge in [-0.3, -0.25) is 0 Å². The highest BCUT2D eigenvalue weighted by Gasteiger charge is 2.11. The molecule has 0 radical (unpaired) electrons. The summed E-state index contributed by atoms with van der Waals surface area (Å²) in [6.07, 6.45) is 0.735. The minimum atomic E-state index is -0.450. The van der Waals surface area contributed by atoms with Crippen LogP contribution in [0, 0.1) is 11.3 Å². The summed E-state index contributed by atoms with van der Waals surface area (Å²) in [5.41, 5.74) is 4.16. The summed E-state index contributed by atoms with van der Waals surface area (Å²) in [4.78, 5) is 12.1. The fourth-order valence-corrected chi connectivity index (χ4v) is 3.05. The van der Waals surface area contributed by atoms with E-state index in [1.165, 1.54) is 7.11 Å². The van der Waals surface area contributed by atoms with Crippen LogP contribution in [-0.2, 0) is 17.8 Å². The molecule has 3 aromatic carbocycles. The number of esters is 1. The van der Waals surface area contributed by atoms with E-state index < -0.39 is 5.97 Å². The molecule has 5 nitrogen and oxygen atoms in total. The van der Waals surface area contributed by atoms with Gasteiger partial charge in [0.1, 0.15) is 18.1 Å². The fraction of sp³-hybridized carbons (Fsp3) is 0.167. The summed E-state index contributed by atoms with van der Waals surface area (Å²) in [5.74, 6) is 0.285. The van der Waals surface area contributed by atoms with Gasteiger partial charge in [-0.2, -0.15) is 5.26 Å². The minimum absolute atomic E-state index is 0.197. The predicted octanol–water partition coefficient (Wildman–Crippen LogP) is 4.86. The largest absolute Gasteiger partial charge is 0.508 e. The standard InChI is InChI=1S/C24H21NO4/c1-3-18-7-8-22(13-23(18)26)29-15-17-10-20(12-21(11-17)24(27)28-2)19-6-4-5-16(9-19)14-25/h4-13,26H,3,15H2,1-2H3. The van der Waals surface area contributed by atoms with Gasteiger partial charge in [0.2, 0.25) is 0 Å². The first-order chi connectivity index (χ1) is 14.0. The number of carbonyl (C=O) groups excluding carboxylic acids is 1. The summed E-state index contributed by atoms with van der Waals surface area (Å²) in [6.45, 7) is 2.18. The molecule has 0 heterocycles. The molecule has 0 aliphatic heterocycles. The molecule has 0 fully saturated rings. The van der Waals surface area contributed by atoms with Crippen molar-refractivity contribution in [3.63, 3.8) is 0 Å². The first kappa shape index (κ1) is 20.0. The number of nitrogens with zero attached hydrogens (tertiary/aromatic N) is 1. The summed E-state index contributed by atoms with van der Waals surface area (Å²) in [7, 11) is 1.33. The number of carbonyl (C=O) groups is 1. The number of hydrogen-bond acceptors (Lipinski definition) is 5. The molecule has 0 aliphatic carbocycles. The third-order valence-corrected chi connectivity index (χ3v) is 4.58. The summed E-state index contributed by atoms with van der Waals surface area (Å²) in [5, 5.41) is 19.2. The van der Waals surface area contributed by atoms with Crippen molar-refractivity contribution in [3.8, 4) is 28.7 Å². The molecule has 0 bridgehead atoms. The zero-order valence-electron chi connectivity index (χ0n) is 16.3. The van der Waals surface area contributed by atoms with Crippen molar-refractivity contribution in [2.24, 2.45) is 0 Å². The topological polar surface area (TPSA) is 79.5 Å². The first-order valence-electron chi connectivity index (χ1n) is 9.21. The molecule has 29 heavy (non-hydrogen) atoms. The highest BCUT2D eigenvalue weighted by atomic mass is 16.5. The lowest BCUT2D eigenvalue weighted by atomic mass is 9.98. The SMILES string of the molecule is CCc1ccc(OCc2cc(C(=O)OC)cc(-c3cccc(C#N)c3)c2)cc1O. The zero-order valence-corrected chi connectivity index (χ0v) is 16.3. The van der Waals surface area contributed by atoms with E-state index in [0.29, 0.717) is 16.9 Å². The molecule has 0 saturated carbocycles. The second-order valence-electron chi connectivity index (χ2n) is 6.54. The van der Waals surface area contributed by atoms with Crippen molar-refractivity contribution in [2.75, 3.05) is 7.11 Å². The molecule has 0 aromatic heterocycles. The summed E-state index contributed by atoms with van der Waals surface area (Å²) in [6, 6.07) is 19.9. The van der Waals surface area contributed by atoms with Crippen molar-refractivity contribution in [1.82, 2.24) is 0 Å². The van der Waals surface area contributed by atoms with Crippen LogP contribution in [0.15, 0.2) is 60.7 Å². The maximum absolute atomic E-state index is 12.1. The van der Waals surface area contributed by atoms with Gasteiger partial charge in [-0.25, -0.2) is 4.79 Å². The van der Waals surface area contributed by atoms with E-state index in [0.717, 1.165) is 28.7 Å². The molecule has 0 amide bonds. The number of rotatable bonds is 6. The number of phenols is 1. The molecule has 0 aliphatic rings. The van der Waals surface area contributed by atoms with Crippen molar-refractivity contribution < 1.29 is 19.4 Å². The van der Waals surface area contributed by atoms with E-state index >= 15 is 0 Å². The normalized spacial score (nSPS) is 10.2. The third-order valence-electron chi connectivity index (χ3n) is 4.58. The lowest BCUT2D eigenvalue weighted by Gasteiger charge is -2.12. The first-order valence-corrected chi connectivity index (χ1v) is 9.21. The third kappa shape index (κ3) is 4.74. The smallest absolute Gasteiger partial charge is 0.337 e. The maximum Gasteiger partial charge on any atom is 0.337 e. The molecule has 3 rings (SSSR count). The van der Waals surface area contributed by atoms with E-state index in [2.05, 4.69) is 6.07 Å². The Labute approximate surface area is 169 Å². The Balaban J connectivity index is 1.92. The number of phenolic OH excluding ortho intramolecular Hbond substituents is 1. The van der Waals surface area contributed by atoms with Gasteiger partial charge in [-0.1, -0.05) is 25.1 Å². The molecule has 146 valence electrons. The number of aryl methyl sites for hydroxylation is 1. The highest BCUT2D eigenvalue weighted by molar-refractivity contribution is 5.91. The number of aromatic hydroxyl groups is 1. The molecular weight excluding hydrogens is 366 g/mol. The van der Waals surface area contributed by atoms with Crippen LogP contribution in [0.5, 0.6) is 11.5 Å². The summed E-state index contributed by atoms with van der Waals surface area (Å²) < 4.78 is 10.7. The molecule has 3 aromatic rings. The Hall–Kier alpha value is -3.78. The average molecular weight is 387 g/mol. The average Bonchev–Trinajstić information content (AvgIpc) is 2.77. The number of benzene rings is 3. The van der Waals surface area contributed by atoms with Gasteiger partial charge in [-0.15, -0.1) is 0 Å². The zero-order chi connectivity index (χ0) is 20.8. The lowest BCUT2D eigenvalue weighted by Crippen LogP contribution is -2.04. The maximum atomic E-state index is 12.1. The van der Waals surface area contributed by atoms with Crippen LogP contribution in [-0.4, -0.2) is 18.2 Å². The minimum Gasteiger partial charge on any atom is -0.508 e. The van der Waals surface area contributed by atoms with E-state index in [9.17, 15) is 9.90 Å². The number of nitriles is 1. The van der Waals surface area contributed by atoms with Crippen LogP contribution in [0.2, 0.25) is 0 Å². The van der Waals surface area contributed by atoms with E-state index in [4.69, 9.17) is 14.7 Å². The molecule has 0 unspecified atom stereocenters. The quantitative estimate of drug-likeness (QED) is 0.611. The van der Waals surface area contributed by atoms with Crippen LogP contribution in [0.4, 0.5) is 0 Å². The van der Waals surface area contributed by atoms with Gasteiger partial charge in [0.05, 0.1) is 24.3 Å². The Morgan fingerprint density at radius 2 is 1.90 bits per heavy atom. The number of ether oxygens (including phenoxy) is 2. The van der Waals surface area contributed by atoms with Gasteiger partial charge < -0.3 is 14.6 Å². The monoisotopic (exact) mass is 387 g/mol. The van der Waals surface area contributed by atoms with Crippen molar-refractivity contribution in [1.29, 1.82) is 5.26 Å². The molecule has 1 N–H and O–H groups in total. The van der Waals surface area contributed by atoms with Crippen LogP contribution < -0.4 is 4.74 Å². The predicted molar refractivity (Wildman–Crippen MR) is 110 cm³/mol. The number of hydrogen-bond donors (Lipinski definition) is 1. The van der Waals surface area contributed by atoms with Gasteiger partial charge in [0.15, 0.2) is 0 Å². The van der Waals surface area contributed by atoms with Gasteiger partial charge in [-0.05, 0) is 65.1 Å². The fourth-order valence-electron chi connectivity index (χ4n) is 3.05. The molecule has 0 atom stereocenters. The second-order valence-corrected chi connectivity index (χ2v) is 6.54. The van der Waals surface area contributed by atoms with Crippen LogP contribution in [0.3, 0.4) is 0 Å². The van der Waals surface area contributed by atoms with E-state index in [-0.39, 0.29) is 12.4 Å². The molecular formula is C24H21NO4. The lowest BCUT2D eigenvalue weighted by molar-refractivity contribution is 0.0600. The van der Waals surface area contributed by atoms with Crippen LogP contribution >= 0.6 is 0 Å². The molecule has 5 heteroatoms. The Morgan fingerprint density at radius 3 is 2.59 bits per heavy atom.